The molecule has 4 heterocycles. The van der Waals surface area contributed by atoms with Gasteiger partial charge in [-0.2, -0.15) is 10.2 Å². The number of nitrogens with one attached hydrogen (secondary N) is 1. The van der Waals surface area contributed by atoms with Crippen LogP contribution >= 0.6 is 0 Å². The van der Waals surface area contributed by atoms with Crippen LogP contribution in [0.2, 0.25) is 0 Å². The van der Waals surface area contributed by atoms with Crippen molar-refractivity contribution in [3.8, 4) is 5.69 Å². The molecule has 3 aromatic rings. The molecule has 0 saturated carbocycles. The van der Waals surface area contributed by atoms with Gasteiger partial charge in [-0.1, -0.05) is 32.0 Å². The standard InChI is InChI=1S/C23H33N9/c1-16(2)19-14-28-32-21(19)31(18-8-5-10-26-13-18)22(24)29(23(32)25)15-17-7-3-4-9-20(17)30-12-6-11-27-30/h3-4,6-7,9,11-12,14,16,18,22-23,26H,5,8,10,13,15,24-25H2,1-2H3. The van der Waals surface area contributed by atoms with Crippen molar-refractivity contribution in [2.75, 3.05) is 18.0 Å². The molecule has 0 aliphatic carbocycles. The van der Waals surface area contributed by atoms with E-state index in [9.17, 15) is 0 Å². The van der Waals surface area contributed by atoms with Crippen molar-refractivity contribution in [1.82, 2.24) is 29.8 Å². The Labute approximate surface area is 189 Å². The zero-order chi connectivity index (χ0) is 22.2. The molecule has 1 fully saturated rings. The Morgan fingerprint density at radius 1 is 1.12 bits per heavy atom. The number of nitrogens with two attached hydrogens (primary N) is 2. The molecule has 9 heteroatoms. The molecular weight excluding hydrogens is 402 g/mol. The van der Waals surface area contributed by atoms with E-state index in [1.54, 1.807) is 6.20 Å². The van der Waals surface area contributed by atoms with Crippen molar-refractivity contribution in [3.05, 3.63) is 60.0 Å². The molecule has 3 atom stereocenters. The third-order valence-corrected chi connectivity index (χ3v) is 6.64. The van der Waals surface area contributed by atoms with Gasteiger partial charge in [0.1, 0.15) is 12.1 Å². The van der Waals surface area contributed by atoms with Gasteiger partial charge >= 0.3 is 0 Å². The van der Waals surface area contributed by atoms with E-state index in [1.807, 2.05) is 40.0 Å². The lowest BCUT2D eigenvalue weighted by molar-refractivity contribution is 0.0451. The molecular formula is C23H33N9. The lowest BCUT2D eigenvalue weighted by Crippen LogP contribution is -2.66. The highest BCUT2D eigenvalue weighted by Gasteiger charge is 2.41. The van der Waals surface area contributed by atoms with Crippen LogP contribution in [-0.2, 0) is 6.54 Å². The van der Waals surface area contributed by atoms with E-state index >= 15 is 0 Å². The maximum atomic E-state index is 6.98. The quantitative estimate of drug-likeness (QED) is 0.562. The predicted molar refractivity (Wildman–Crippen MR) is 125 cm³/mol. The van der Waals surface area contributed by atoms with Crippen LogP contribution in [0.1, 0.15) is 50.0 Å². The monoisotopic (exact) mass is 435 g/mol. The number of anilines is 1. The first kappa shape index (κ1) is 21.1. The van der Waals surface area contributed by atoms with Gasteiger partial charge in [-0.05, 0) is 43.0 Å². The Morgan fingerprint density at radius 2 is 1.97 bits per heavy atom. The van der Waals surface area contributed by atoms with Crippen molar-refractivity contribution in [2.24, 2.45) is 11.5 Å². The van der Waals surface area contributed by atoms with Crippen molar-refractivity contribution < 1.29 is 0 Å². The van der Waals surface area contributed by atoms with E-state index < -0.39 is 6.29 Å². The number of para-hydroxylation sites is 1. The van der Waals surface area contributed by atoms with E-state index in [0.717, 1.165) is 43.0 Å². The molecule has 5 N–H and O–H groups in total. The molecule has 32 heavy (non-hydrogen) atoms. The highest BCUT2D eigenvalue weighted by atomic mass is 15.6. The molecule has 1 saturated heterocycles. The predicted octanol–water partition coefficient (Wildman–Crippen LogP) is 1.92. The van der Waals surface area contributed by atoms with Gasteiger partial charge in [-0.25, -0.2) is 14.3 Å². The highest BCUT2D eigenvalue weighted by molar-refractivity contribution is 5.52. The number of fused-ring (bicyclic) bond motifs is 1. The fourth-order valence-electron chi connectivity index (χ4n) is 4.94. The molecule has 5 rings (SSSR count). The van der Waals surface area contributed by atoms with E-state index in [4.69, 9.17) is 16.6 Å². The summed E-state index contributed by atoms with van der Waals surface area (Å²) in [5, 5.41) is 12.7. The Kier molecular flexibility index (Phi) is 5.73. The van der Waals surface area contributed by atoms with Gasteiger partial charge in [0.2, 0.25) is 0 Å². The third-order valence-electron chi connectivity index (χ3n) is 6.64. The molecule has 2 aliphatic heterocycles. The summed E-state index contributed by atoms with van der Waals surface area (Å²) in [6, 6.07) is 10.5. The van der Waals surface area contributed by atoms with Crippen LogP contribution < -0.4 is 21.7 Å². The van der Waals surface area contributed by atoms with Crippen LogP contribution in [0, 0.1) is 0 Å². The minimum Gasteiger partial charge on any atom is -0.324 e. The topological polar surface area (TPSA) is 106 Å². The SMILES string of the molecule is CC(C)c1cnn2c1N(C1CCCNC1)C(N)N(Cc1ccccc1-n1cccn1)C2N. The minimum atomic E-state index is -0.453. The summed E-state index contributed by atoms with van der Waals surface area (Å²) in [6.45, 7) is 6.93. The molecule has 0 spiro atoms. The summed E-state index contributed by atoms with van der Waals surface area (Å²) in [5.74, 6) is 1.40. The minimum absolute atomic E-state index is 0.294. The summed E-state index contributed by atoms with van der Waals surface area (Å²) in [4.78, 5) is 4.47. The second-order valence-corrected chi connectivity index (χ2v) is 9.01. The molecule has 2 aromatic heterocycles. The Hall–Kier alpha value is -2.72. The summed E-state index contributed by atoms with van der Waals surface area (Å²) < 4.78 is 3.83. The van der Waals surface area contributed by atoms with Crippen molar-refractivity contribution >= 4 is 5.82 Å². The number of benzene rings is 1. The van der Waals surface area contributed by atoms with Crippen LogP contribution in [0.4, 0.5) is 5.82 Å². The van der Waals surface area contributed by atoms with Crippen LogP contribution in [0.3, 0.4) is 0 Å². The molecule has 0 radical (unpaired) electrons. The average Bonchev–Trinajstić information content (AvgIpc) is 3.48. The zero-order valence-electron chi connectivity index (χ0n) is 18.8. The summed E-state index contributed by atoms with van der Waals surface area (Å²) >= 11 is 0. The molecule has 170 valence electrons. The third kappa shape index (κ3) is 3.61. The fraction of sp³-hybridized carbons (Fsp3) is 0.478. The Morgan fingerprint density at radius 3 is 2.69 bits per heavy atom. The lowest BCUT2D eigenvalue weighted by Gasteiger charge is -2.50. The molecule has 9 nitrogen and oxygen atoms in total. The van der Waals surface area contributed by atoms with E-state index in [2.05, 4.69) is 46.2 Å². The van der Waals surface area contributed by atoms with E-state index in [-0.39, 0.29) is 6.29 Å². The number of nitrogens with zero attached hydrogens (tertiary/aromatic N) is 6. The molecule has 1 aromatic carbocycles. The van der Waals surface area contributed by atoms with Gasteiger partial charge in [-0.3, -0.25) is 11.5 Å². The molecule has 3 unspecified atom stereocenters. The summed E-state index contributed by atoms with van der Waals surface area (Å²) in [7, 11) is 0. The molecule has 2 aliphatic rings. The van der Waals surface area contributed by atoms with Crippen LogP contribution in [0.15, 0.2) is 48.9 Å². The number of aromatic nitrogens is 4. The smallest absolute Gasteiger partial charge is 0.160 e. The molecule has 0 bridgehead atoms. The average molecular weight is 436 g/mol. The van der Waals surface area contributed by atoms with Gasteiger partial charge in [0.05, 0.1) is 11.9 Å². The fourth-order valence-corrected chi connectivity index (χ4v) is 4.94. The summed E-state index contributed by atoms with van der Waals surface area (Å²) in [5.41, 5.74) is 17.1. The largest absolute Gasteiger partial charge is 0.324 e. The van der Waals surface area contributed by atoms with Crippen LogP contribution in [-0.4, -0.2) is 49.9 Å². The number of hydrogen-bond donors (Lipinski definition) is 3. The normalized spacial score (nSPS) is 24.2. The highest BCUT2D eigenvalue weighted by Crippen LogP contribution is 2.38. The second-order valence-electron chi connectivity index (χ2n) is 9.01. The van der Waals surface area contributed by atoms with Crippen LogP contribution in [0.5, 0.6) is 0 Å². The van der Waals surface area contributed by atoms with Gasteiger partial charge in [0.25, 0.3) is 0 Å². The molecule has 0 amide bonds. The number of hydrogen-bond acceptors (Lipinski definition) is 7. The first-order valence-electron chi connectivity index (χ1n) is 11.5. The van der Waals surface area contributed by atoms with Gasteiger partial charge < -0.3 is 10.2 Å². The second kappa shape index (κ2) is 8.67. The maximum Gasteiger partial charge on any atom is 0.160 e. The first-order valence-corrected chi connectivity index (χ1v) is 11.5. The van der Waals surface area contributed by atoms with E-state index in [1.165, 1.54) is 5.56 Å². The Bertz CT molecular complexity index is 1040. The van der Waals surface area contributed by atoms with Gasteiger partial charge in [-0.15, -0.1) is 0 Å². The zero-order valence-corrected chi connectivity index (χ0v) is 18.8. The number of piperidine rings is 1. The van der Waals surface area contributed by atoms with Gasteiger partial charge in [0, 0.05) is 37.1 Å². The first-order chi connectivity index (χ1) is 15.6. The van der Waals surface area contributed by atoms with Crippen LogP contribution in [0.25, 0.3) is 5.69 Å². The van der Waals surface area contributed by atoms with Crippen molar-refractivity contribution in [1.29, 1.82) is 0 Å². The number of rotatable bonds is 5. The van der Waals surface area contributed by atoms with Crippen molar-refractivity contribution in [2.45, 2.75) is 57.8 Å². The van der Waals surface area contributed by atoms with Gasteiger partial charge in [0.15, 0.2) is 6.29 Å². The Balaban J connectivity index is 1.54. The lowest BCUT2D eigenvalue weighted by atomic mass is 10.0. The maximum absolute atomic E-state index is 6.98. The summed E-state index contributed by atoms with van der Waals surface area (Å²) in [6.07, 6.45) is 7.11. The van der Waals surface area contributed by atoms with E-state index in [0.29, 0.717) is 18.5 Å². The van der Waals surface area contributed by atoms with Crippen molar-refractivity contribution in [3.63, 3.8) is 0 Å².